The van der Waals surface area contributed by atoms with Crippen LogP contribution in [0.15, 0.2) is 24.3 Å². The van der Waals surface area contributed by atoms with E-state index in [4.69, 9.17) is 0 Å². The van der Waals surface area contributed by atoms with Gasteiger partial charge in [-0.15, -0.1) is 0 Å². The summed E-state index contributed by atoms with van der Waals surface area (Å²) in [6, 6.07) is 0. The molecule has 1 fully saturated rings. The summed E-state index contributed by atoms with van der Waals surface area (Å²) in [4.78, 5) is 13.6. The van der Waals surface area contributed by atoms with E-state index in [9.17, 15) is 9.90 Å². The van der Waals surface area contributed by atoms with Crippen molar-refractivity contribution < 1.29 is 9.90 Å². The summed E-state index contributed by atoms with van der Waals surface area (Å²) in [7, 11) is 0. The number of hydrogen-bond acceptors (Lipinski definition) is 2. The molecule has 0 aromatic rings. The predicted octanol–water partition coefficient (Wildman–Crippen LogP) is 1.88. The van der Waals surface area contributed by atoms with Crippen molar-refractivity contribution in [3.63, 3.8) is 0 Å². The summed E-state index contributed by atoms with van der Waals surface area (Å²) in [5.41, 5.74) is -0.609. The Hall–Kier alpha value is -1.09. The fourth-order valence-electron chi connectivity index (χ4n) is 1.84. The molecule has 0 aromatic carbocycles. The van der Waals surface area contributed by atoms with E-state index in [1.54, 1.807) is 12.2 Å². The number of aliphatic hydroxyl groups is 1. The van der Waals surface area contributed by atoms with Crippen molar-refractivity contribution in [1.82, 2.24) is 4.90 Å². The highest BCUT2D eigenvalue weighted by atomic mass is 16.3. The van der Waals surface area contributed by atoms with Crippen molar-refractivity contribution in [3.05, 3.63) is 24.3 Å². The Kier molecular flexibility index (Phi) is 4.74. The SMILES string of the molecule is CC=CC=CC(=O)N1CCCC(C)(O)CC1. The highest BCUT2D eigenvalue weighted by molar-refractivity contribution is 5.87. The third-order valence-electron chi connectivity index (χ3n) is 2.92. The third kappa shape index (κ3) is 4.19. The molecule has 0 radical (unpaired) electrons. The van der Waals surface area contributed by atoms with Crippen molar-refractivity contribution in [2.45, 2.75) is 38.7 Å². The van der Waals surface area contributed by atoms with Gasteiger partial charge in [-0.25, -0.2) is 0 Å². The van der Waals surface area contributed by atoms with Crippen molar-refractivity contribution in [1.29, 1.82) is 0 Å². The molecule has 1 saturated heterocycles. The van der Waals surface area contributed by atoms with Gasteiger partial charge in [0, 0.05) is 19.2 Å². The van der Waals surface area contributed by atoms with Crippen LogP contribution in [-0.4, -0.2) is 34.6 Å². The van der Waals surface area contributed by atoms with Gasteiger partial charge in [0.25, 0.3) is 0 Å². The number of likely N-dealkylation sites (tertiary alicyclic amines) is 1. The highest BCUT2D eigenvalue weighted by Gasteiger charge is 2.26. The molecule has 1 rings (SSSR count). The van der Waals surface area contributed by atoms with Gasteiger partial charge < -0.3 is 10.0 Å². The van der Waals surface area contributed by atoms with Crippen LogP contribution in [-0.2, 0) is 4.79 Å². The second kappa shape index (κ2) is 5.85. The molecular weight excluding hydrogens is 202 g/mol. The van der Waals surface area contributed by atoms with Crippen molar-refractivity contribution >= 4 is 5.91 Å². The Morgan fingerprint density at radius 3 is 2.75 bits per heavy atom. The van der Waals surface area contributed by atoms with Crippen molar-refractivity contribution in [2.75, 3.05) is 13.1 Å². The van der Waals surface area contributed by atoms with Crippen LogP contribution in [0, 0.1) is 0 Å². The minimum atomic E-state index is -0.609. The maximum absolute atomic E-state index is 11.8. The molecular formula is C13H21NO2. The average molecular weight is 223 g/mol. The molecule has 1 N–H and O–H groups in total. The number of rotatable bonds is 2. The van der Waals surface area contributed by atoms with Crippen LogP contribution in [0.25, 0.3) is 0 Å². The maximum Gasteiger partial charge on any atom is 0.246 e. The first-order valence-corrected chi connectivity index (χ1v) is 5.86. The van der Waals surface area contributed by atoms with Crippen LogP contribution in [0.5, 0.6) is 0 Å². The summed E-state index contributed by atoms with van der Waals surface area (Å²) in [5, 5.41) is 9.90. The molecule has 0 bridgehead atoms. The van der Waals surface area contributed by atoms with Gasteiger partial charge in [0.15, 0.2) is 0 Å². The summed E-state index contributed by atoms with van der Waals surface area (Å²) in [5.74, 6) is 0.0378. The maximum atomic E-state index is 11.8. The standard InChI is InChI=1S/C13H21NO2/c1-3-4-5-7-12(15)14-10-6-8-13(2,16)9-11-14/h3-5,7,16H,6,8-11H2,1-2H3. The van der Waals surface area contributed by atoms with E-state index >= 15 is 0 Å². The zero-order valence-corrected chi connectivity index (χ0v) is 10.1. The molecule has 0 aliphatic carbocycles. The predicted molar refractivity (Wildman–Crippen MR) is 65.0 cm³/mol. The Labute approximate surface area is 97.4 Å². The lowest BCUT2D eigenvalue weighted by atomic mass is 9.98. The van der Waals surface area contributed by atoms with Gasteiger partial charge in [0.1, 0.15) is 0 Å². The lowest BCUT2D eigenvalue weighted by Gasteiger charge is -2.21. The Morgan fingerprint density at radius 1 is 1.31 bits per heavy atom. The zero-order valence-electron chi connectivity index (χ0n) is 10.1. The van der Waals surface area contributed by atoms with Crippen LogP contribution in [0.4, 0.5) is 0 Å². The molecule has 3 heteroatoms. The van der Waals surface area contributed by atoms with E-state index in [0.717, 1.165) is 19.4 Å². The summed E-state index contributed by atoms with van der Waals surface area (Å²) in [6.45, 7) is 5.15. The molecule has 16 heavy (non-hydrogen) atoms. The number of carbonyl (C=O) groups excluding carboxylic acids is 1. The normalized spacial score (nSPS) is 27.6. The lowest BCUT2D eigenvalue weighted by Crippen LogP contribution is -2.32. The largest absolute Gasteiger partial charge is 0.390 e. The number of allylic oxidation sites excluding steroid dienone is 3. The summed E-state index contributed by atoms with van der Waals surface area (Å²) >= 11 is 0. The molecule has 3 nitrogen and oxygen atoms in total. The van der Waals surface area contributed by atoms with Crippen LogP contribution in [0.3, 0.4) is 0 Å². The van der Waals surface area contributed by atoms with Gasteiger partial charge in [0.2, 0.25) is 5.91 Å². The first-order chi connectivity index (χ1) is 7.55. The lowest BCUT2D eigenvalue weighted by molar-refractivity contribution is -0.126. The first kappa shape index (κ1) is 13.0. The van der Waals surface area contributed by atoms with E-state index in [1.165, 1.54) is 0 Å². The molecule has 1 atom stereocenters. The Balaban J connectivity index is 2.51. The summed E-state index contributed by atoms with van der Waals surface area (Å²) in [6.07, 6.45) is 9.37. The Bertz CT molecular complexity index is 292. The van der Waals surface area contributed by atoms with E-state index < -0.39 is 5.60 Å². The molecule has 0 spiro atoms. The van der Waals surface area contributed by atoms with Crippen LogP contribution >= 0.6 is 0 Å². The van der Waals surface area contributed by atoms with Gasteiger partial charge in [0.05, 0.1) is 5.60 Å². The van der Waals surface area contributed by atoms with Gasteiger partial charge in [-0.1, -0.05) is 18.2 Å². The first-order valence-electron chi connectivity index (χ1n) is 5.86. The average Bonchev–Trinajstić information content (AvgIpc) is 2.39. The molecule has 0 saturated carbocycles. The molecule has 1 aliphatic rings. The number of hydrogen-bond donors (Lipinski definition) is 1. The second-order valence-electron chi connectivity index (χ2n) is 4.56. The number of amides is 1. The third-order valence-corrected chi connectivity index (χ3v) is 2.92. The topological polar surface area (TPSA) is 40.5 Å². The molecule has 0 aromatic heterocycles. The van der Waals surface area contributed by atoms with E-state index in [1.807, 2.05) is 30.9 Å². The van der Waals surface area contributed by atoms with E-state index in [2.05, 4.69) is 0 Å². The molecule has 1 heterocycles. The van der Waals surface area contributed by atoms with Crippen LogP contribution < -0.4 is 0 Å². The van der Waals surface area contributed by atoms with Crippen LogP contribution in [0.1, 0.15) is 33.1 Å². The molecule has 1 aliphatic heterocycles. The van der Waals surface area contributed by atoms with Gasteiger partial charge in [-0.3, -0.25) is 4.79 Å². The fraction of sp³-hybridized carbons (Fsp3) is 0.615. The highest BCUT2D eigenvalue weighted by Crippen LogP contribution is 2.21. The van der Waals surface area contributed by atoms with E-state index in [-0.39, 0.29) is 5.91 Å². The van der Waals surface area contributed by atoms with Crippen molar-refractivity contribution in [3.8, 4) is 0 Å². The van der Waals surface area contributed by atoms with Crippen molar-refractivity contribution in [2.24, 2.45) is 0 Å². The zero-order chi connectivity index (χ0) is 12.0. The summed E-state index contributed by atoms with van der Waals surface area (Å²) < 4.78 is 0. The van der Waals surface area contributed by atoms with Gasteiger partial charge in [-0.05, 0) is 33.1 Å². The van der Waals surface area contributed by atoms with Crippen LogP contribution in [0.2, 0.25) is 0 Å². The quantitative estimate of drug-likeness (QED) is 0.573. The number of carbonyl (C=O) groups is 1. The molecule has 1 amide bonds. The Morgan fingerprint density at radius 2 is 2.06 bits per heavy atom. The monoisotopic (exact) mass is 223 g/mol. The minimum Gasteiger partial charge on any atom is -0.390 e. The smallest absolute Gasteiger partial charge is 0.246 e. The van der Waals surface area contributed by atoms with E-state index in [0.29, 0.717) is 13.0 Å². The minimum absolute atomic E-state index is 0.0378. The van der Waals surface area contributed by atoms with Gasteiger partial charge >= 0.3 is 0 Å². The fourth-order valence-corrected chi connectivity index (χ4v) is 1.84. The number of nitrogens with zero attached hydrogens (tertiary/aromatic N) is 1. The van der Waals surface area contributed by atoms with Gasteiger partial charge in [-0.2, -0.15) is 0 Å². The molecule has 90 valence electrons. The second-order valence-corrected chi connectivity index (χ2v) is 4.56. The molecule has 1 unspecified atom stereocenters.